The number of carbonyl (C=O) groups excluding carboxylic acids is 1. The molecule has 1 aromatic carbocycles. The Morgan fingerprint density at radius 3 is 2.62 bits per heavy atom. The summed E-state index contributed by atoms with van der Waals surface area (Å²) in [6, 6.07) is 9.53. The van der Waals surface area contributed by atoms with Crippen LogP contribution in [0.2, 0.25) is 0 Å². The van der Waals surface area contributed by atoms with Crippen LogP contribution in [-0.4, -0.2) is 27.7 Å². The Labute approximate surface area is 157 Å². The van der Waals surface area contributed by atoms with Gasteiger partial charge < -0.3 is 10.6 Å². The second kappa shape index (κ2) is 7.80. The second-order valence-electron chi connectivity index (χ2n) is 6.23. The molecule has 3 aromatic rings. The van der Waals surface area contributed by atoms with E-state index in [1.54, 1.807) is 29.3 Å². The molecule has 7 heteroatoms. The zero-order valence-electron chi connectivity index (χ0n) is 15.4. The summed E-state index contributed by atoms with van der Waals surface area (Å²) in [5.41, 5.74) is 2.88. The van der Waals surface area contributed by atoms with Gasteiger partial charge in [0.15, 0.2) is 0 Å². The summed E-state index contributed by atoms with van der Waals surface area (Å²) in [6.07, 6.45) is 3.55. The fourth-order valence-electron chi connectivity index (χ4n) is 2.91. The number of aromatic nitrogens is 3. The van der Waals surface area contributed by atoms with Crippen LogP contribution in [0.4, 0.5) is 0 Å². The second-order valence-corrected chi connectivity index (χ2v) is 7.26. The normalized spacial score (nSPS) is 13.4. The smallest absolute Gasteiger partial charge is 0.242 e. The third-order valence-electron chi connectivity index (χ3n) is 4.21. The summed E-state index contributed by atoms with van der Waals surface area (Å²) in [7, 11) is 3.61. The Bertz CT molecular complexity index is 886. The van der Waals surface area contributed by atoms with Gasteiger partial charge >= 0.3 is 0 Å². The summed E-state index contributed by atoms with van der Waals surface area (Å²) < 4.78 is 1.69. The number of thiazole rings is 1. The Hall–Kier alpha value is -2.51. The number of rotatable bonds is 6. The van der Waals surface area contributed by atoms with Crippen LogP contribution in [0.5, 0.6) is 0 Å². The van der Waals surface area contributed by atoms with Crippen LogP contribution in [0.15, 0.2) is 42.7 Å². The summed E-state index contributed by atoms with van der Waals surface area (Å²) in [5.74, 6) is -0.0814. The van der Waals surface area contributed by atoms with E-state index in [0.29, 0.717) is 0 Å². The number of aryl methyl sites for hydroxylation is 2. The van der Waals surface area contributed by atoms with E-state index in [1.165, 1.54) is 0 Å². The van der Waals surface area contributed by atoms with Gasteiger partial charge in [-0.1, -0.05) is 30.3 Å². The molecule has 0 fully saturated rings. The third-order valence-corrected chi connectivity index (χ3v) is 5.60. The van der Waals surface area contributed by atoms with Gasteiger partial charge in [-0.05, 0) is 20.9 Å². The summed E-state index contributed by atoms with van der Waals surface area (Å²) in [5, 5.41) is 11.3. The lowest BCUT2D eigenvalue weighted by molar-refractivity contribution is -0.123. The summed E-state index contributed by atoms with van der Waals surface area (Å²) in [4.78, 5) is 18.5. The van der Waals surface area contributed by atoms with E-state index < -0.39 is 6.04 Å². The molecule has 0 bridgehead atoms. The molecule has 2 aromatic heterocycles. The van der Waals surface area contributed by atoms with Crippen LogP contribution in [0.25, 0.3) is 10.6 Å². The Kier molecular flexibility index (Phi) is 5.49. The van der Waals surface area contributed by atoms with E-state index in [-0.39, 0.29) is 11.9 Å². The van der Waals surface area contributed by atoms with E-state index >= 15 is 0 Å². The number of benzene rings is 1. The van der Waals surface area contributed by atoms with Crippen molar-refractivity contribution in [2.45, 2.75) is 25.9 Å². The average molecular weight is 369 g/mol. The lowest BCUT2D eigenvalue weighted by atomic mass is 10.1. The average Bonchev–Trinajstić information content (AvgIpc) is 3.22. The molecule has 0 aliphatic carbocycles. The van der Waals surface area contributed by atoms with Crippen molar-refractivity contribution in [3.8, 4) is 10.6 Å². The molecule has 2 heterocycles. The highest BCUT2D eigenvalue weighted by atomic mass is 32.1. The number of amides is 1. The van der Waals surface area contributed by atoms with E-state index in [4.69, 9.17) is 0 Å². The Balaban J connectivity index is 1.76. The van der Waals surface area contributed by atoms with Gasteiger partial charge in [0, 0.05) is 24.4 Å². The Morgan fingerprint density at radius 2 is 2.00 bits per heavy atom. The van der Waals surface area contributed by atoms with Crippen molar-refractivity contribution in [3.05, 3.63) is 58.9 Å². The zero-order chi connectivity index (χ0) is 18.7. The predicted octanol–water partition coefficient (Wildman–Crippen LogP) is 2.99. The highest BCUT2D eigenvalue weighted by Gasteiger charge is 2.24. The van der Waals surface area contributed by atoms with E-state index in [9.17, 15) is 4.79 Å². The number of hydrogen-bond donors (Lipinski definition) is 2. The summed E-state index contributed by atoms with van der Waals surface area (Å²) in [6.45, 7) is 3.97. The van der Waals surface area contributed by atoms with Gasteiger partial charge in [0.05, 0.1) is 22.8 Å². The lowest BCUT2D eigenvalue weighted by Crippen LogP contribution is -2.37. The van der Waals surface area contributed by atoms with Crippen LogP contribution in [-0.2, 0) is 11.8 Å². The number of likely N-dealkylation sites (N-methyl/N-ethyl adjacent to an activating group) is 1. The van der Waals surface area contributed by atoms with Crippen LogP contribution >= 0.6 is 11.3 Å². The van der Waals surface area contributed by atoms with Crippen molar-refractivity contribution in [1.29, 1.82) is 0 Å². The number of nitrogens with one attached hydrogen (secondary N) is 2. The molecule has 0 aliphatic rings. The van der Waals surface area contributed by atoms with Gasteiger partial charge in [-0.2, -0.15) is 5.10 Å². The van der Waals surface area contributed by atoms with Crippen LogP contribution < -0.4 is 10.6 Å². The van der Waals surface area contributed by atoms with Crippen LogP contribution in [0, 0.1) is 6.92 Å². The molecule has 0 radical (unpaired) electrons. The van der Waals surface area contributed by atoms with Gasteiger partial charge in [-0.15, -0.1) is 11.3 Å². The van der Waals surface area contributed by atoms with Crippen molar-refractivity contribution in [1.82, 2.24) is 25.4 Å². The van der Waals surface area contributed by atoms with Crippen molar-refractivity contribution >= 4 is 17.2 Å². The fraction of sp³-hybridized carbons (Fsp3) is 0.316. The van der Waals surface area contributed by atoms with Crippen molar-refractivity contribution in [2.75, 3.05) is 7.05 Å². The predicted molar refractivity (Wildman–Crippen MR) is 104 cm³/mol. The third kappa shape index (κ3) is 3.84. The first-order valence-corrected chi connectivity index (χ1v) is 9.30. The molecule has 6 nitrogen and oxygen atoms in total. The standard InChI is InChI=1S/C19H23N5OS/c1-12(22-18(25)16(20-3)15-10-21-24(4)11-15)17-13(2)23-19(26-17)14-8-6-5-7-9-14/h5-12,16,20H,1-4H3,(H,22,25). The number of hydrogen-bond acceptors (Lipinski definition) is 5. The maximum absolute atomic E-state index is 12.7. The highest BCUT2D eigenvalue weighted by Crippen LogP contribution is 2.31. The number of nitrogens with zero attached hydrogens (tertiary/aromatic N) is 3. The first-order valence-electron chi connectivity index (χ1n) is 8.48. The quantitative estimate of drug-likeness (QED) is 0.701. The minimum atomic E-state index is -0.437. The minimum Gasteiger partial charge on any atom is -0.347 e. The molecule has 0 aliphatic heterocycles. The van der Waals surface area contributed by atoms with E-state index in [2.05, 4.69) is 20.7 Å². The van der Waals surface area contributed by atoms with Gasteiger partial charge in [0.2, 0.25) is 5.91 Å². The minimum absolute atomic E-state index is 0.0814. The van der Waals surface area contributed by atoms with E-state index in [0.717, 1.165) is 26.7 Å². The van der Waals surface area contributed by atoms with Gasteiger partial charge in [-0.25, -0.2) is 4.98 Å². The van der Waals surface area contributed by atoms with Crippen LogP contribution in [0.1, 0.15) is 35.1 Å². The Morgan fingerprint density at radius 1 is 1.27 bits per heavy atom. The van der Waals surface area contributed by atoms with Crippen molar-refractivity contribution < 1.29 is 4.79 Å². The SMILES string of the molecule is CNC(C(=O)NC(C)c1sc(-c2ccccc2)nc1C)c1cnn(C)c1. The van der Waals surface area contributed by atoms with Crippen molar-refractivity contribution in [2.24, 2.45) is 7.05 Å². The fourth-order valence-corrected chi connectivity index (χ4v) is 3.99. The molecule has 2 N–H and O–H groups in total. The number of carbonyl (C=O) groups is 1. The molecule has 2 atom stereocenters. The molecule has 136 valence electrons. The molecule has 0 saturated heterocycles. The largest absolute Gasteiger partial charge is 0.347 e. The molecular weight excluding hydrogens is 346 g/mol. The van der Waals surface area contributed by atoms with Gasteiger partial charge in [0.25, 0.3) is 0 Å². The van der Waals surface area contributed by atoms with Crippen molar-refractivity contribution in [3.63, 3.8) is 0 Å². The molecular formula is C19H23N5OS. The molecule has 0 spiro atoms. The van der Waals surface area contributed by atoms with Gasteiger partial charge in [0.1, 0.15) is 11.0 Å². The maximum atomic E-state index is 12.7. The monoisotopic (exact) mass is 369 g/mol. The zero-order valence-corrected chi connectivity index (χ0v) is 16.2. The van der Waals surface area contributed by atoms with Crippen LogP contribution in [0.3, 0.4) is 0 Å². The first kappa shape index (κ1) is 18.3. The topological polar surface area (TPSA) is 71.8 Å². The lowest BCUT2D eigenvalue weighted by Gasteiger charge is -2.18. The molecule has 1 amide bonds. The molecule has 2 unspecified atom stereocenters. The molecule has 0 saturated carbocycles. The molecule has 3 rings (SSSR count). The maximum Gasteiger partial charge on any atom is 0.242 e. The summed E-state index contributed by atoms with van der Waals surface area (Å²) >= 11 is 1.62. The first-order chi connectivity index (χ1) is 12.5. The van der Waals surface area contributed by atoms with Gasteiger partial charge in [-0.3, -0.25) is 9.48 Å². The molecule has 26 heavy (non-hydrogen) atoms. The van der Waals surface area contributed by atoms with E-state index in [1.807, 2.05) is 57.4 Å². The highest BCUT2D eigenvalue weighted by molar-refractivity contribution is 7.15.